The third-order valence-corrected chi connectivity index (χ3v) is 3.73. The number of ether oxygens (including phenoxy) is 1. The predicted molar refractivity (Wildman–Crippen MR) is 74.7 cm³/mol. The molecule has 0 aromatic heterocycles. The number of hydrogen-bond acceptors (Lipinski definition) is 4. The molecule has 3 rings (SSSR count). The lowest BCUT2D eigenvalue weighted by molar-refractivity contribution is -0.0000387. The normalized spacial score (nSPS) is 24.1. The molecule has 1 aromatic carbocycles. The number of benzene rings is 1. The summed E-state index contributed by atoms with van der Waals surface area (Å²) in [6, 6.07) is 7.74. The van der Waals surface area contributed by atoms with Crippen molar-refractivity contribution >= 4 is 17.3 Å². The average molecular weight is 281 g/mol. The number of morpholine rings is 1. The molecule has 0 amide bonds. The summed E-state index contributed by atoms with van der Waals surface area (Å²) < 4.78 is 5.34. The predicted octanol–water partition coefficient (Wildman–Crippen LogP) is 2.17. The van der Waals surface area contributed by atoms with E-state index >= 15 is 0 Å². The molecule has 1 atom stereocenters. The summed E-state index contributed by atoms with van der Waals surface area (Å²) in [6.07, 6.45) is 1.02. The molecule has 0 spiro atoms. The van der Waals surface area contributed by atoms with Crippen LogP contribution in [0.5, 0.6) is 0 Å². The number of oxime groups is 1. The van der Waals surface area contributed by atoms with Gasteiger partial charge < -0.3 is 9.57 Å². The van der Waals surface area contributed by atoms with E-state index in [0.717, 1.165) is 55.6 Å². The second-order valence-electron chi connectivity index (χ2n) is 4.89. The average Bonchev–Trinajstić information content (AvgIpc) is 2.89. The molecule has 2 aliphatic heterocycles. The minimum absolute atomic E-state index is 0.156. The van der Waals surface area contributed by atoms with Crippen LogP contribution in [0.3, 0.4) is 0 Å². The monoisotopic (exact) mass is 280 g/mol. The second kappa shape index (κ2) is 5.90. The molecule has 0 radical (unpaired) electrons. The van der Waals surface area contributed by atoms with Gasteiger partial charge in [-0.05, 0) is 17.7 Å². The second-order valence-corrected chi connectivity index (χ2v) is 5.33. The molecule has 2 heterocycles. The van der Waals surface area contributed by atoms with E-state index < -0.39 is 0 Å². The molecule has 0 bridgehead atoms. The number of halogens is 1. The van der Waals surface area contributed by atoms with Gasteiger partial charge in [-0.25, -0.2) is 0 Å². The van der Waals surface area contributed by atoms with E-state index in [1.54, 1.807) is 0 Å². The molecule has 1 saturated heterocycles. The zero-order chi connectivity index (χ0) is 13.1. The van der Waals surface area contributed by atoms with Gasteiger partial charge in [0.2, 0.25) is 0 Å². The quantitative estimate of drug-likeness (QED) is 0.851. The van der Waals surface area contributed by atoms with Crippen LogP contribution in [-0.2, 0) is 9.57 Å². The van der Waals surface area contributed by atoms with Crippen LogP contribution in [0.15, 0.2) is 29.4 Å². The van der Waals surface area contributed by atoms with Crippen molar-refractivity contribution in [2.75, 3.05) is 32.8 Å². The van der Waals surface area contributed by atoms with E-state index in [1.165, 1.54) is 0 Å². The summed E-state index contributed by atoms with van der Waals surface area (Å²) >= 11 is 5.89. The first-order chi connectivity index (χ1) is 9.31. The fourth-order valence-corrected chi connectivity index (χ4v) is 2.54. The maximum absolute atomic E-state index is 5.89. The third-order valence-electron chi connectivity index (χ3n) is 3.48. The van der Waals surface area contributed by atoms with Crippen molar-refractivity contribution in [3.8, 4) is 0 Å². The van der Waals surface area contributed by atoms with Gasteiger partial charge in [0.05, 0.1) is 18.9 Å². The van der Waals surface area contributed by atoms with Crippen molar-refractivity contribution < 1.29 is 9.57 Å². The standard InChI is InChI=1S/C14H17ClN2O2/c15-12-3-1-11(2-4-12)14-9-13(19-16-14)10-17-5-7-18-8-6-17/h1-4,13H,5-10H2. The minimum Gasteiger partial charge on any atom is -0.390 e. The molecule has 0 saturated carbocycles. The highest BCUT2D eigenvalue weighted by Gasteiger charge is 2.25. The molecular weight excluding hydrogens is 264 g/mol. The number of hydrogen-bond donors (Lipinski definition) is 0. The van der Waals surface area contributed by atoms with Gasteiger partial charge in [-0.15, -0.1) is 0 Å². The largest absolute Gasteiger partial charge is 0.390 e. The molecular formula is C14H17ClN2O2. The first-order valence-corrected chi connectivity index (χ1v) is 6.98. The molecule has 0 N–H and O–H groups in total. The zero-order valence-electron chi connectivity index (χ0n) is 10.7. The van der Waals surface area contributed by atoms with Crippen LogP contribution in [0.4, 0.5) is 0 Å². The lowest BCUT2D eigenvalue weighted by Gasteiger charge is -2.27. The first-order valence-electron chi connectivity index (χ1n) is 6.60. The lowest BCUT2D eigenvalue weighted by Crippen LogP contribution is -2.41. The Bertz CT molecular complexity index is 455. The SMILES string of the molecule is Clc1ccc(C2=NOC(CN3CCOCC3)C2)cc1. The molecule has 1 fully saturated rings. The van der Waals surface area contributed by atoms with Gasteiger partial charge in [0.25, 0.3) is 0 Å². The first kappa shape index (κ1) is 12.9. The summed E-state index contributed by atoms with van der Waals surface area (Å²) in [6.45, 7) is 4.52. The van der Waals surface area contributed by atoms with Crippen molar-refractivity contribution in [3.05, 3.63) is 34.9 Å². The van der Waals surface area contributed by atoms with Gasteiger partial charge in [0, 0.05) is 31.1 Å². The Morgan fingerprint density at radius 3 is 2.68 bits per heavy atom. The lowest BCUT2D eigenvalue weighted by atomic mass is 10.0. The van der Waals surface area contributed by atoms with Gasteiger partial charge in [0.1, 0.15) is 6.10 Å². The van der Waals surface area contributed by atoms with E-state index in [4.69, 9.17) is 21.2 Å². The number of rotatable bonds is 3. The van der Waals surface area contributed by atoms with E-state index in [1.807, 2.05) is 24.3 Å². The molecule has 0 aliphatic carbocycles. The Morgan fingerprint density at radius 2 is 1.95 bits per heavy atom. The summed E-state index contributed by atoms with van der Waals surface area (Å²) in [5.74, 6) is 0. The molecule has 19 heavy (non-hydrogen) atoms. The van der Waals surface area contributed by atoms with Crippen LogP contribution < -0.4 is 0 Å². The van der Waals surface area contributed by atoms with Crippen LogP contribution in [0.1, 0.15) is 12.0 Å². The number of nitrogens with zero attached hydrogens (tertiary/aromatic N) is 2. The maximum Gasteiger partial charge on any atom is 0.145 e. The highest BCUT2D eigenvalue weighted by atomic mass is 35.5. The van der Waals surface area contributed by atoms with Crippen LogP contribution in [-0.4, -0.2) is 49.6 Å². The fourth-order valence-electron chi connectivity index (χ4n) is 2.41. The maximum atomic E-state index is 5.89. The van der Waals surface area contributed by atoms with Crippen molar-refractivity contribution in [3.63, 3.8) is 0 Å². The Morgan fingerprint density at radius 1 is 1.21 bits per heavy atom. The summed E-state index contributed by atoms with van der Waals surface area (Å²) in [4.78, 5) is 7.89. The Balaban J connectivity index is 1.55. The smallest absolute Gasteiger partial charge is 0.145 e. The molecule has 1 aromatic rings. The minimum atomic E-state index is 0.156. The van der Waals surface area contributed by atoms with Crippen LogP contribution in [0.25, 0.3) is 0 Å². The van der Waals surface area contributed by atoms with E-state index in [0.29, 0.717) is 0 Å². The molecule has 4 nitrogen and oxygen atoms in total. The van der Waals surface area contributed by atoms with Gasteiger partial charge in [-0.2, -0.15) is 0 Å². The molecule has 1 unspecified atom stereocenters. The van der Waals surface area contributed by atoms with Gasteiger partial charge >= 0.3 is 0 Å². The van der Waals surface area contributed by atoms with Crippen LogP contribution in [0, 0.1) is 0 Å². The van der Waals surface area contributed by atoms with Gasteiger partial charge in [0.15, 0.2) is 0 Å². The highest BCUT2D eigenvalue weighted by Crippen LogP contribution is 2.19. The molecule has 2 aliphatic rings. The fraction of sp³-hybridized carbons (Fsp3) is 0.500. The van der Waals surface area contributed by atoms with E-state index in [-0.39, 0.29) is 6.10 Å². The highest BCUT2D eigenvalue weighted by molar-refractivity contribution is 6.30. The zero-order valence-corrected chi connectivity index (χ0v) is 11.5. The topological polar surface area (TPSA) is 34.1 Å². The van der Waals surface area contributed by atoms with Gasteiger partial charge in [-0.1, -0.05) is 28.9 Å². The summed E-state index contributed by atoms with van der Waals surface area (Å²) in [5.41, 5.74) is 2.10. The third kappa shape index (κ3) is 3.26. The van der Waals surface area contributed by atoms with Crippen molar-refractivity contribution in [1.82, 2.24) is 4.90 Å². The summed E-state index contributed by atoms with van der Waals surface area (Å²) in [5, 5.41) is 4.94. The van der Waals surface area contributed by atoms with E-state index in [2.05, 4.69) is 10.1 Å². The molecule has 5 heteroatoms. The van der Waals surface area contributed by atoms with Crippen molar-refractivity contribution in [2.24, 2.45) is 5.16 Å². The van der Waals surface area contributed by atoms with Crippen LogP contribution in [0.2, 0.25) is 5.02 Å². The van der Waals surface area contributed by atoms with E-state index in [9.17, 15) is 0 Å². The van der Waals surface area contributed by atoms with Gasteiger partial charge in [-0.3, -0.25) is 4.90 Å². The molecule has 102 valence electrons. The summed E-state index contributed by atoms with van der Waals surface area (Å²) in [7, 11) is 0. The van der Waals surface area contributed by atoms with Crippen molar-refractivity contribution in [1.29, 1.82) is 0 Å². The Labute approximate surface area is 117 Å². The van der Waals surface area contributed by atoms with Crippen molar-refractivity contribution in [2.45, 2.75) is 12.5 Å². The Hall–Kier alpha value is -1.10. The Kier molecular flexibility index (Phi) is 4.01. The van der Waals surface area contributed by atoms with Crippen LogP contribution >= 0.6 is 11.6 Å².